The van der Waals surface area contributed by atoms with Gasteiger partial charge in [0, 0.05) is 11.3 Å². The summed E-state index contributed by atoms with van der Waals surface area (Å²) < 4.78 is 0. The molecule has 0 unspecified atom stereocenters. The Morgan fingerprint density at radius 3 is 2.55 bits per heavy atom. The van der Waals surface area contributed by atoms with Crippen LogP contribution in [0.5, 0.6) is 0 Å². The molecule has 20 heavy (non-hydrogen) atoms. The van der Waals surface area contributed by atoms with Crippen molar-refractivity contribution in [3.05, 3.63) is 47.2 Å². The number of nitrogens with two attached hydrogens (primary N) is 1. The lowest BCUT2D eigenvalue weighted by molar-refractivity contribution is 0.0698. The fourth-order valence-corrected chi connectivity index (χ4v) is 2.90. The molecule has 3 N–H and O–H groups in total. The molecule has 1 heterocycles. The van der Waals surface area contributed by atoms with Crippen LogP contribution in [0.3, 0.4) is 0 Å². The minimum Gasteiger partial charge on any atom is -0.478 e. The molecule has 1 aliphatic rings. The van der Waals surface area contributed by atoms with Crippen LogP contribution in [0.4, 0.5) is 5.82 Å². The van der Waals surface area contributed by atoms with E-state index in [2.05, 4.69) is 4.98 Å². The van der Waals surface area contributed by atoms with E-state index in [4.69, 9.17) is 5.73 Å². The summed E-state index contributed by atoms with van der Waals surface area (Å²) in [6, 6.07) is 9.59. The SMILES string of the molecule is Nc1nc2c(c(-c3ccccc3)c1C(=O)O)CCCC2. The quantitative estimate of drug-likeness (QED) is 0.878. The zero-order valence-electron chi connectivity index (χ0n) is 11.1. The number of benzene rings is 1. The first-order valence-electron chi connectivity index (χ1n) is 6.78. The summed E-state index contributed by atoms with van der Waals surface area (Å²) in [5.41, 5.74) is 9.68. The lowest BCUT2D eigenvalue weighted by Crippen LogP contribution is -2.15. The highest BCUT2D eigenvalue weighted by Gasteiger charge is 2.25. The van der Waals surface area contributed by atoms with E-state index >= 15 is 0 Å². The number of carboxylic acids is 1. The highest BCUT2D eigenvalue weighted by molar-refractivity contribution is 6.01. The average molecular weight is 268 g/mol. The van der Waals surface area contributed by atoms with Crippen LogP contribution in [-0.4, -0.2) is 16.1 Å². The number of carboxylic acid groups (broad SMARTS) is 1. The molecule has 0 amide bonds. The van der Waals surface area contributed by atoms with Gasteiger partial charge in [-0.2, -0.15) is 0 Å². The van der Waals surface area contributed by atoms with E-state index in [-0.39, 0.29) is 11.4 Å². The molecule has 0 saturated carbocycles. The van der Waals surface area contributed by atoms with Crippen molar-refractivity contribution in [2.24, 2.45) is 0 Å². The minimum absolute atomic E-state index is 0.122. The maximum absolute atomic E-state index is 11.6. The summed E-state index contributed by atoms with van der Waals surface area (Å²) in [6.45, 7) is 0. The molecule has 4 nitrogen and oxygen atoms in total. The third-order valence-corrected chi connectivity index (χ3v) is 3.78. The molecule has 1 aromatic carbocycles. The average Bonchev–Trinajstić information content (AvgIpc) is 2.46. The highest BCUT2D eigenvalue weighted by atomic mass is 16.4. The largest absolute Gasteiger partial charge is 0.478 e. The number of rotatable bonds is 2. The topological polar surface area (TPSA) is 76.2 Å². The second-order valence-corrected chi connectivity index (χ2v) is 5.05. The van der Waals surface area contributed by atoms with Gasteiger partial charge < -0.3 is 10.8 Å². The monoisotopic (exact) mass is 268 g/mol. The van der Waals surface area contributed by atoms with Crippen molar-refractivity contribution in [1.82, 2.24) is 4.98 Å². The number of nitrogen functional groups attached to an aromatic ring is 1. The first-order valence-corrected chi connectivity index (χ1v) is 6.78. The van der Waals surface area contributed by atoms with Crippen molar-refractivity contribution in [3.63, 3.8) is 0 Å². The normalized spacial score (nSPS) is 13.8. The molecule has 0 bridgehead atoms. The van der Waals surface area contributed by atoms with E-state index in [1.807, 2.05) is 30.3 Å². The van der Waals surface area contributed by atoms with Gasteiger partial charge in [-0.25, -0.2) is 9.78 Å². The first kappa shape index (κ1) is 12.7. The second-order valence-electron chi connectivity index (χ2n) is 5.05. The van der Waals surface area contributed by atoms with E-state index in [9.17, 15) is 9.90 Å². The third-order valence-electron chi connectivity index (χ3n) is 3.78. The van der Waals surface area contributed by atoms with Gasteiger partial charge in [-0.1, -0.05) is 30.3 Å². The Morgan fingerprint density at radius 1 is 1.15 bits per heavy atom. The van der Waals surface area contributed by atoms with Crippen LogP contribution >= 0.6 is 0 Å². The molecule has 0 spiro atoms. The molecular weight excluding hydrogens is 252 g/mol. The highest BCUT2D eigenvalue weighted by Crippen LogP contribution is 2.35. The zero-order chi connectivity index (χ0) is 14.1. The first-order chi connectivity index (χ1) is 9.68. The van der Waals surface area contributed by atoms with Crippen LogP contribution in [0.2, 0.25) is 0 Å². The predicted molar refractivity (Wildman–Crippen MR) is 77.7 cm³/mol. The Kier molecular flexibility index (Phi) is 3.14. The molecule has 0 atom stereocenters. The number of aromatic nitrogens is 1. The number of hydrogen-bond acceptors (Lipinski definition) is 3. The number of hydrogen-bond donors (Lipinski definition) is 2. The molecular formula is C16H16N2O2. The minimum atomic E-state index is -1.01. The molecule has 0 fully saturated rings. The molecule has 0 aliphatic heterocycles. The van der Waals surface area contributed by atoms with Crippen molar-refractivity contribution < 1.29 is 9.90 Å². The Hall–Kier alpha value is -2.36. The number of aryl methyl sites for hydroxylation is 1. The predicted octanol–water partition coefficient (Wildman–Crippen LogP) is 2.91. The third kappa shape index (κ3) is 2.03. The van der Waals surface area contributed by atoms with Gasteiger partial charge in [-0.05, 0) is 36.8 Å². The molecule has 1 aliphatic carbocycles. The van der Waals surface area contributed by atoms with Crippen LogP contribution in [0.25, 0.3) is 11.1 Å². The van der Waals surface area contributed by atoms with Gasteiger partial charge in [0.25, 0.3) is 0 Å². The van der Waals surface area contributed by atoms with Crippen molar-refractivity contribution in [1.29, 1.82) is 0 Å². The van der Waals surface area contributed by atoms with E-state index < -0.39 is 5.97 Å². The van der Waals surface area contributed by atoms with Gasteiger partial charge in [0.05, 0.1) is 0 Å². The Labute approximate surface area is 117 Å². The van der Waals surface area contributed by atoms with E-state index in [1.165, 1.54) is 0 Å². The Morgan fingerprint density at radius 2 is 1.85 bits per heavy atom. The van der Waals surface area contributed by atoms with Crippen LogP contribution in [-0.2, 0) is 12.8 Å². The summed E-state index contributed by atoms with van der Waals surface area (Å²) in [7, 11) is 0. The summed E-state index contributed by atoms with van der Waals surface area (Å²) in [4.78, 5) is 15.9. The number of fused-ring (bicyclic) bond motifs is 1. The van der Waals surface area contributed by atoms with Crippen LogP contribution in [0.15, 0.2) is 30.3 Å². The maximum atomic E-state index is 11.6. The van der Waals surface area contributed by atoms with Crippen molar-refractivity contribution in [2.75, 3.05) is 5.73 Å². The molecule has 2 aromatic rings. The fraction of sp³-hybridized carbons (Fsp3) is 0.250. The summed E-state index contributed by atoms with van der Waals surface area (Å²) in [6.07, 6.45) is 3.89. The number of aromatic carboxylic acids is 1. The van der Waals surface area contributed by atoms with Crippen LogP contribution in [0, 0.1) is 0 Å². The van der Waals surface area contributed by atoms with Gasteiger partial charge in [-0.15, -0.1) is 0 Å². The smallest absolute Gasteiger partial charge is 0.340 e. The Bertz CT molecular complexity index is 666. The lowest BCUT2D eigenvalue weighted by Gasteiger charge is -2.21. The van der Waals surface area contributed by atoms with E-state index in [0.29, 0.717) is 0 Å². The van der Waals surface area contributed by atoms with E-state index in [0.717, 1.165) is 48.1 Å². The van der Waals surface area contributed by atoms with E-state index in [1.54, 1.807) is 0 Å². The number of pyridine rings is 1. The number of anilines is 1. The maximum Gasteiger partial charge on any atom is 0.340 e. The van der Waals surface area contributed by atoms with Crippen molar-refractivity contribution in [3.8, 4) is 11.1 Å². The zero-order valence-corrected chi connectivity index (χ0v) is 11.1. The Balaban J connectivity index is 2.34. The molecule has 1 aromatic heterocycles. The summed E-state index contributed by atoms with van der Waals surface area (Å²) in [5, 5.41) is 9.49. The van der Waals surface area contributed by atoms with Gasteiger partial charge in [0.15, 0.2) is 0 Å². The van der Waals surface area contributed by atoms with Gasteiger partial charge in [0.1, 0.15) is 11.4 Å². The molecule has 3 rings (SSSR count). The molecule has 0 saturated heterocycles. The van der Waals surface area contributed by atoms with Crippen LogP contribution in [0.1, 0.15) is 34.5 Å². The number of nitrogens with zero attached hydrogens (tertiary/aromatic N) is 1. The van der Waals surface area contributed by atoms with Gasteiger partial charge in [-0.3, -0.25) is 0 Å². The van der Waals surface area contributed by atoms with Crippen molar-refractivity contribution in [2.45, 2.75) is 25.7 Å². The summed E-state index contributed by atoms with van der Waals surface area (Å²) >= 11 is 0. The van der Waals surface area contributed by atoms with Crippen LogP contribution < -0.4 is 5.73 Å². The van der Waals surface area contributed by atoms with Crippen molar-refractivity contribution >= 4 is 11.8 Å². The standard InChI is InChI=1S/C16H16N2O2/c17-15-14(16(19)20)13(10-6-2-1-3-7-10)11-8-4-5-9-12(11)18-15/h1-3,6-7H,4-5,8-9H2,(H2,17,18)(H,19,20). The summed E-state index contributed by atoms with van der Waals surface area (Å²) in [5.74, 6) is -0.890. The molecule has 4 heteroatoms. The lowest BCUT2D eigenvalue weighted by atomic mass is 9.86. The second kappa shape index (κ2) is 4.96. The molecule has 0 radical (unpaired) electrons. The van der Waals surface area contributed by atoms with Gasteiger partial charge >= 0.3 is 5.97 Å². The molecule has 102 valence electrons. The fourth-order valence-electron chi connectivity index (χ4n) is 2.90. The van der Waals surface area contributed by atoms with Gasteiger partial charge in [0.2, 0.25) is 0 Å². The number of carbonyl (C=O) groups is 1.